The van der Waals surface area contributed by atoms with Crippen LogP contribution in [0.15, 0.2) is 23.8 Å². The van der Waals surface area contributed by atoms with Crippen molar-refractivity contribution in [2.24, 2.45) is 0 Å². The van der Waals surface area contributed by atoms with Gasteiger partial charge in [0.25, 0.3) is 0 Å². The number of hydrogen-bond donors (Lipinski definition) is 0. The zero-order valence-corrected chi connectivity index (χ0v) is 8.90. The molecule has 0 aromatic rings. The predicted molar refractivity (Wildman–Crippen MR) is 29.4 cm³/mol. The fourth-order valence-electron chi connectivity index (χ4n) is 0.425. The third-order valence-electron chi connectivity index (χ3n) is 0.813. The van der Waals surface area contributed by atoms with Crippen LogP contribution in [0.1, 0.15) is 6.92 Å². The van der Waals surface area contributed by atoms with Gasteiger partial charge < -0.3 is 0 Å². The van der Waals surface area contributed by atoms with Crippen molar-refractivity contribution in [1.29, 1.82) is 0 Å². The molecule has 0 aromatic carbocycles. The van der Waals surface area contributed by atoms with Crippen molar-refractivity contribution in [3.05, 3.63) is 36.0 Å². The molecule has 8 heavy (non-hydrogen) atoms. The summed E-state index contributed by atoms with van der Waals surface area (Å²) in [7, 11) is 0. The van der Waals surface area contributed by atoms with Gasteiger partial charge in [-0.15, -0.1) is 0 Å². The molecule has 0 fully saturated rings. The minimum atomic E-state index is 0. The molecule has 38 valence electrons. The zero-order valence-electron chi connectivity index (χ0n) is 4.73. The molecule has 1 rings (SSSR count). The second kappa shape index (κ2) is 4.10. The summed E-state index contributed by atoms with van der Waals surface area (Å²) in [5.41, 5.74) is 1.23. The van der Waals surface area contributed by atoms with Crippen LogP contribution in [-0.2, 0) is 0 Å². The Morgan fingerprint density at radius 3 is 2.62 bits per heavy atom. The minimum absolute atomic E-state index is 0. The summed E-state index contributed by atoms with van der Waals surface area (Å²) in [4.78, 5) is 0. The third kappa shape index (κ3) is 2.48. The van der Waals surface area contributed by atoms with Gasteiger partial charge in [-0.25, -0.2) is 0 Å². The van der Waals surface area contributed by atoms with Crippen LogP contribution in [0.3, 0.4) is 0 Å². The van der Waals surface area contributed by atoms with E-state index in [4.69, 9.17) is 0 Å². The SMILES string of the molecule is CC1=C[C+]=[C-]C=C1.[U]. The molecule has 1 aliphatic carbocycles. The topological polar surface area (TPSA) is 0 Å². The van der Waals surface area contributed by atoms with Crippen LogP contribution in [0, 0.1) is 43.3 Å². The maximum Gasteiger partial charge on any atom is 0.0159 e. The Hall–Kier alpha value is 0.182. The van der Waals surface area contributed by atoms with Crippen LogP contribution in [0.5, 0.6) is 0 Å². The second-order valence-corrected chi connectivity index (χ2v) is 1.51. The first-order chi connectivity index (χ1) is 3.39. The van der Waals surface area contributed by atoms with Gasteiger partial charge in [0.1, 0.15) is 0 Å². The van der Waals surface area contributed by atoms with Gasteiger partial charge in [0.15, 0.2) is 0 Å². The van der Waals surface area contributed by atoms with Crippen molar-refractivity contribution < 1.29 is 31.1 Å². The first-order valence-corrected chi connectivity index (χ1v) is 2.24. The van der Waals surface area contributed by atoms with E-state index in [-0.39, 0.29) is 31.1 Å². The molecule has 0 aliphatic heterocycles. The summed E-state index contributed by atoms with van der Waals surface area (Å²) in [6.45, 7) is 2.03. The average molecular weight is 328 g/mol. The average Bonchev–Trinajstić information content (AvgIpc) is 1.69. The van der Waals surface area contributed by atoms with Crippen LogP contribution >= 0.6 is 0 Å². The summed E-state index contributed by atoms with van der Waals surface area (Å²) in [6, 6.07) is 0. The summed E-state index contributed by atoms with van der Waals surface area (Å²) in [5.74, 6) is 0. The molecule has 0 atom stereocenters. The smallest absolute Gasteiger partial charge is 0.0159 e. The normalized spacial score (nSPS) is 13.9. The van der Waals surface area contributed by atoms with Gasteiger partial charge in [0.05, 0.1) is 0 Å². The predicted octanol–water partition coefficient (Wildman–Crippen LogP) is 1.67. The van der Waals surface area contributed by atoms with Crippen LogP contribution in [-0.4, -0.2) is 0 Å². The summed E-state index contributed by atoms with van der Waals surface area (Å²) >= 11 is 0. The maximum absolute atomic E-state index is 2.84. The molecule has 1 heteroatoms. The van der Waals surface area contributed by atoms with E-state index in [1.54, 1.807) is 0 Å². The van der Waals surface area contributed by atoms with Crippen LogP contribution < -0.4 is 0 Å². The molecule has 0 bridgehead atoms. The Bertz CT molecular complexity index is 140. The molecular formula is C7H6U. The Kier molecular flexibility index (Phi) is 4.19. The van der Waals surface area contributed by atoms with Gasteiger partial charge >= 0.3 is 0 Å². The molecule has 0 nitrogen and oxygen atoms in total. The fourth-order valence-corrected chi connectivity index (χ4v) is 0.425. The van der Waals surface area contributed by atoms with E-state index in [0.29, 0.717) is 0 Å². The van der Waals surface area contributed by atoms with E-state index in [2.05, 4.69) is 12.2 Å². The van der Waals surface area contributed by atoms with Crippen molar-refractivity contribution >= 4 is 0 Å². The molecule has 0 unspecified atom stereocenters. The molecule has 1 aliphatic rings. The molecule has 0 N–H and O–H groups in total. The van der Waals surface area contributed by atoms with Gasteiger partial charge in [0.2, 0.25) is 0 Å². The van der Waals surface area contributed by atoms with Gasteiger partial charge in [-0.3, -0.25) is 0 Å². The molecule has 0 radical (unpaired) electrons. The molecule has 0 amide bonds. The van der Waals surface area contributed by atoms with Crippen LogP contribution in [0.25, 0.3) is 0 Å². The molecule has 0 spiro atoms. The molecule has 0 aromatic heterocycles. The number of allylic oxidation sites excluding steroid dienone is 6. The van der Waals surface area contributed by atoms with Crippen molar-refractivity contribution in [3.63, 3.8) is 0 Å². The largest absolute Gasteiger partial charge is 0.0962 e. The third-order valence-corrected chi connectivity index (χ3v) is 0.813. The summed E-state index contributed by atoms with van der Waals surface area (Å²) in [5, 5.41) is 0. The van der Waals surface area contributed by atoms with Crippen molar-refractivity contribution in [2.45, 2.75) is 6.92 Å². The maximum atomic E-state index is 2.84. The molecule has 0 saturated carbocycles. The van der Waals surface area contributed by atoms with Gasteiger partial charge in [-0.05, 0) is 13.0 Å². The van der Waals surface area contributed by atoms with Gasteiger partial charge in [0, 0.05) is 37.2 Å². The zero-order chi connectivity index (χ0) is 5.11. The van der Waals surface area contributed by atoms with Crippen LogP contribution in [0.4, 0.5) is 0 Å². The number of hydrogen-bond acceptors (Lipinski definition) is 0. The van der Waals surface area contributed by atoms with Crippen molar-refractivity contribution in [3.8, 4) is 0 Å². The first-order valence-electron chi connectivity index (χ1n) is 2.24. The Labute approximate surface area is 73.7 Å². The van der Waals surface area contributed by atoms with E-state index in [1.165, 1.54) is 5.57 Å². The van der Waals surface area contributed by atoms with E-state index in [0.717, 1.165) is 0 Å². The van der Waals surface area contributed by atoms with Crippen molar-refractivity contribution in [1.82, 2.24) is 0 Å². The summed E-state index contributed by atoms with van der Waals surface area (Å²) < 4.78 is 0. The quantitative estimate of drug-likeness (QED) is 0.594. The van der Waals surface area contributed by atoms with Crippen LogP contribution in [0.2, 0.25) is 0 Å². The van der Waals surface area contributed by atoms with Gasteiger partial charge in [-0.2, -0.15) is 0 Å². The van der Waals surface area contributed by atoms with E-state index in [9.17, 15) is 0 Å². The first kappa shape index (κ1) is 8.18. The Balaban J connectivity index is 0.000000490. The van der Waals surface area contributed by atoms with Crippen molar-refractivity contribution in [2.75, 3.05) is 0 Å². The number of rotatable bonds is 0. The monoisotopic (exact) mass is 328 g/mol. The van der Waals surface area contributed by atoms with E-state index >= 15 is 0 Å². The van der Waals surface area contributed by atoms with E-state index in [1.807, 2.05) is 25.2 Å². The standard InChI is InChI=1S/C7H6.U/c1-7-5-3-2-4-6-7;/h3,5-6H,1H3;. The summed E-state index contributed by atoms with van der Waals surface area (Å²) in [6.07, 6.45) is 11.4. The minimum Gasteiger partial charge on any atom is -0.0962 e. The Morgan fingerprint density at radius 2 is 2.38 bits per heavy atom. The van der Waals surface area contributed by atoms with Gasteiger partial charge in [-0.1, -0.05) is 23.8 Å². The second-order valence-electron chi connectivity index (χ2n) is 1.51. The fraction of sp³-hybridized carbons (Fsp3) is 0.143. The molecule has 0 saturated heterocycles. The van der Waals surface area contributed by atoms with E-state index < -0.39 is 0 Å². The molecule has 0 heterocycles. The molecular weight excluding hydrogens is 322 g/mol. The Morgan fingerprint density at radius 1 is 1.62 bits per heavy atom.